The predicted molar refractivity (Wildman–Crippen MR) is 88.0 cm³/mol. The third-order valence-electron chi connectivity index (χ3n) is 4.35. The third-order valence-corrected chi connectivity index (χ3v) is 4.35. The number of nitrogens with zero attached hydrogens (tertiary/aromatic N) is 1. The zero-order valence-corrected chi connectivity index (χ0v) is 14.1. The summed E-state index contributed by atoms with van der Waals surface area (Å²) in [6.07, 6.45) is 1.28. The number of benzene rings is 1. The molecule has 0 amide bonds. The molecular weight excluding hydrogens is 280 g/mol. The van der Waals surface area contributed by atoms with E-state index < -0.39 is 0 Å². The van der Waals surface area contributed by atoms with Crippen molar-refractivity contribution in [3.63, 3.8) is 0 Å². The molecule has 1 N–H and O–H groups in total. The Morgan fingerprint density at radius 2 is 1.77 bits per heavy atom. The van der Waals surface area contributed by atoms with Gasteiger partial charge in [-0.2, -0.15) is 0 Å². The average Bonchev–Trinajstić information content (AvgIpc) is 3.02. The van der Waals surface area contributed by atoms with Crippen LogP contribution in [0.25, 0.3) is 0 Å². The summed E-state index contributed by atoms with van der Waals surface area (Å²) in [7, 11) is 4.97. The fourth-order valence-electron chi connectivity index (χ4n) is 3.01. The van der Waals surface area contributed by atoms with Gasteiger partial charge in [-0.05, 0) is 38.0 Å². The lowest BCUT2D eigenvalue weighted by Gasteiger charge is -2.16. The van der Waals surface area contributed by atoms with Gasteiger partial charge in [-0.15, -0.1) is 0 Å². The van der Waals surface area contributed by atoms with Crippen molar-refractivity contribution in [1.29, 1.82) is 0 Å². The van der Waals surface area contributed by atoms with E-state index in [0.717, 1.165) is 42.6 Å². The maximum Gasteiger partial charge on any atom is 0.164 e. The van der Waals surface area contributed by atoms with Gasteiger partial charge in [0.15, 0.2) is 11.5 Å². The van der Waals surface area contributed by atoms with Gasteiger partial charge in [0.2, 0.25) is 0 Å². The van der Waals surface area contributed by atoms with E-state index in [1.165, 1.54) is 19.5 Å². The first-order valence-corrected chi connectivity index (χ1v) is 7.93. The van der Waals surface area contributed by atoms with Crippen molar-refractivity contribution in [2.24, 2.45) is 5.92 Å². The summed E-state index contributed by atoms with van der Waals surface area (Å²) in [4.78, 5) is 2.50. The van der Waals surface area contributed by atoms with E-state index in [0.29, 0.717) is 5.75 Å². The number of methoxy groups -OCH3 is 3. The molecule has 0 radical (unpaired) electrons. The summed E-state index contributed by atoms with van der Waals surface area (Å²) in [5.74, 6) is 2.99. The van der Waals surface area contributed by atoms with E-state index in [9.17, 15) is 0 Å². The van der Waals surface area contributed by atoms with Crippen molar-refractivity contribution in [3.05, 3.63) is 17.7 Å². The van der Waals surface area contributed by atoms with Crippen LogP contribution in [-0.2, 0) is 6.54 Å². The van der Waals surface area contributed by atoms with E-state index in [2.05, 4.69) is 17.1 Å². The lowest BCUT2D eigenvalue weighted by Crippen LogP contribution is -2.26. The van der Waals surface area contributed by atoms with Crippen molar-refractivity contribution >= 4 is 0 Å². The van der Waals surface area contributed by atoms with E-state index >= 15 is 0 Å². The van der Waals surface area contributed by atoms with Crippen LogP contribution in [0.3, 0.4) is 0 Å². The predicted octanol–water partition coefficient (Wildman–Crippen LogP) is 2.14. The first-order valence-electron chi connectivity index (χ1n) is 7.93. The van der Waals surface area contributed by atoms with Crippen molar-refractivity contribution in [1.82, 2.24) is 10.2 Å². The first kappa shape index (κ1) is 16.9. The van der Waals surface area contributed by atoms with Gasteiger partial charge in [-0.1, -0.05) is 6.92 Å². The molecule has 22 heavy (non-hydrogen) atoms. The zero-order chi connectivity index (χ0) is 15.9. The lowest BCUT2D eigenvalue weighted by molar-refractivity contribution is 0.337. The molecule has 1 aromatic carbocycles. The highest BCUT2D eigenvalue weighted by Crippen LogP contribution is 2.34. The van der Waals surface area contributed by atoms with Crippen LogP contribution < -0.4 is 19.5 Å². The molecule has 1 heterocycles. The zero-order valence-electron chi connectivity index (χ0n) is 14.1. The molecule has 1 aliphatic rings. The average molecular weight is 308 g/mol. The third kappa shape index (κ3) is 4.05. The van der Waals surface area contributed by atoms with Gasteiger partial charge in [0, 0.05) is 24.7 Å². The Labute approximate surface area is 133 Å². The normalized spacial score (nSPS) is 18.5. The quantitative estimate of drug-likeness (QED) is 0.797. The van der Waals surface area contributed by atoms with Gasteiger partial charge in [0.05, 0.1) is 21.3 Å². The standard InChI is InChI=1S/C17H28N2O3/c1-5-19-7-6-13(12-19)10-18-11-14-8-16(21-3)17(22-4)9-15(14)20-2/h8-9,13,18H,5-7,10-12H2,1-4H3. The highest BCUT2D eigenvalue weighted by molar-refractivity contribution is 5.50. The maximum atomic E-state index is 5.46. The van der Waals surface area contributed by atoms with Crippen molar-refractivity contribution in [2.45, 2.75) is 19.9 Å². The lowest BCUT2D eigenvalue weighted by atomic mass is 10.1. The Bertz CT molecular complexity index is 479. The van der Waals surface area contributed by atoms with Gasteiger partial charge in [-0.3, -0.25) is 0 Å². The van der Waals surface area contributed by atoms with Crippen molar-refractivity contribution < 1.29 is 14.2 Å². The molecule has 1 atom stereocenters. The molecule has 124 valence electrons. The molecule has 0 aromatic heterocycles. The summed E-state index contributed by atoms with van der Waals surface area (Å²) in [5.41, 5.74) is 1.09. The molecule has 1 unspecified atom stereocenters. The second-order valence-electron chi connectivity index (χ2n) is 5.70. The van der Waals surface area contributed by atoms with Crippen molar-refractivity contribution in [3.8, 4) is 17.2 Å². The van der Waals surface area contributed by atoms with Gasteiger partial charge in [0.1, 0.15) is 5.75 Å². The molecule has 0 spiro atoms. The topological polar surface area (TPSA) is 43.0 Å². The van der Waals surface area contributed by atoms with E-state index in [4.69, 9.17) is 14.2 Å². The number of ether oxygens (including phenoxy) is 3. The number of nitrogens with one attached hydrogen (secondary N) is 1. The Morgan fingerprint density at radius 1 is 1.09 bits per heavy atom. The molecule has 0 bridgehead atoms. The van der Waals surface area contributed by atoms with Gasteiger partial charge in [0.25, 0.3) is 0 Å². The van der Waals surface area contributed by atoms with Gasteiger partial charge < -0.3 is 24.4 Å². The summed E-state index contributed by atoms with van der Waals surface area (Å²) < 4.78 is 16.1. The number of likely N-dealkylation sites (tertiary alicyclic amines) is 1. The number of hydrogen-bond donors (Lipinski definition) is 1. The van der Waals surface area contributed by atoms with E-state index in [1.807, 2.05) is 12.1 Å². The molecule has 1 saturated heterocycles. The monoisotopic (exact) mass is 308 g/mol. The highest BCUT2D eigenvalue weighted by atomic mass is 16.5. The molecular formula is C17H28N2O3. The summed E-state index contributed by atoms with van der Waals surface area (Å²) in [6.45, 7) is 7.61. The van der Waals surface area contributed by atoms with Crippen LogP contribution in [0, 0.1) is 5.92 Å². The Morgan fingerprint density at radius 3 is 2.36 bits per heavy atom. The Kier molecular flexibility index (Phi) is 6.34. The van der Waals surface area contributed by atoms with Gasteiger partial charge >= 0.3 is 0 Å². The van der Waals surface area contributed by atoms with Crippen LogP contribution in [0.2, 0.25) is 0 Å². The largest absolute Gasteiger partial charge is 0.496 e. The Balaban J connectivity index is 1.94. The molecule has 1 fully saturated rings. The highest BCUT2D eigenvalue weighted by Gasteiger charge is 2.20. The SMILES string of the molecule is CCN1CCC(CNCc2cc(OC)c(OC)cc2OC)C1. The van der Waals surface area contributed by atoms with E-state index in [-0.39, 0.29) is 0 Å². The first-order chi connectivity index (χ1) is 10.7. The van der Waals surface area contributed by atoms with Crippen molar-refractivity contribution in [2.75, 3.05) is 47.5 Å². The second kappa shape index (κ2) is 8.25. The van der Waals surface area contributed by atoms with Crippen LogP contribution in [0.5, 0.6) is 17.2 Å². The second-order valence-corrected chi connectivity index (χ2v) is 5.70. The van der Waals surface area contributed by atoms with Crippen LogP contribution in [0.1, 0.15) is 18.9 Å². The fourth-order valence-corrected chi connectivity index (χ4v) is 3.01. The van der Waals surface area contributed by atoms with Crippen LogP contribution in [-0.4, -0.2) is 52.4 Å². The summed E-state index contributed by atoms with van der Waals surface area (Å²) >= 11 is 0. The van der Waals surface area contributed by atoms with Crippen LogP contribution >= 0.6 is 0 Å². The molecule has 2 rings (SSSR count). The molecule has 5 heteroatoms. The molecule has 5 nitrogen and oxygen atoms in total. The van der Waals surface area contributed by atoms with Crippen LogP contribution in [0.15, 0.2) is 12.1 Å². The van der Waals surface area contributed by atoms with Gasteiger partial charge in [-0.25, -0.2) is 0 Å². The minimum Gasteiger partial charge on any atom is -0.496 e. The number of rotatable bonds is 8. The minimum atomic E-state index is 0.692. The Hall–Kier alpha value is -1.46. The molecule has 1 aromatic rings. The maximum absolute atomic E-state index is 5.46. The van der Waals surface area contributed by atoms with Crippen LogP contribution in [0.4, 0.5) is 0 Å². The smallest absolute Gasteiger partial charge is 0.164 e. The summed E-state index contributed by atoms with van der Waals surface area (Å²) in [6, 6.07) is 3.86. The summed E-state index contributed by atoms with van der Waals surface area (Å²) in [5, 5.41) is 3.55. The number of hydrogen-bond acceptors (Lipinski definition) is 5. The fraction of sp³-hybridized carbons (Fsp3) is 0.647. The molecule has 1 aliphatic heterocycles. The van der Waals surface area contributed by atoms with E-state index in [1.54, 1.807) is 21.3 Å². The molecule has 0 saturated carbocycles. The molecule has 0 aliphatic carbocycles. The minimum absolute atomic E-state index is 0.692.